The Hall–Kier alpha value is -1.75. The maximum atomic E-state index is 5.99. The molecule has 0 aliphatic carbocycles. The second-order valence-corrected chi connectivity index (χ2v) is 5.02. The third-order valence-electron chi connectivity index (χ3n) is 3.25. The summed E-state index contributed by atoms with van der Waals surface area (Å²) in [6.07, 6.45) is 1.09. The lowest BCUT2D eigenvalue weighted by molar-refractivity contribution is 0.683. The highest BCUT2D eigenvalue weighted by molar-refractivity contribution is 6.31. The molecule has 1 aromatic carbocycles. The summed E-state index contributed by atoms with van der Waals surface area (Å²) in [6.45, 7) is 2.51. The Kier molecular flexibility index (Phi) is 3.29. The van der Waals surface area contributed by atoms with Crippen LogP contribution in [-0.4, -0.2) is 28.6 Å². The number of benzene rings is 1. The summed E-state index contributed by atoms with van der Waals surface area (Å²) in [5, 5.41) is 7.22. The first-order chi connectivity index (χ1) is 9.24. The van der Waals surface area contributed by atoms with Crippen molar-refractivity contribution in [1.29, 1.82) is 0 Å². The number of halogens is 1. The summed E-state index contributed by atoms with van der Waals surface area (Å²) >= 11 is 5.99. The Morgan fingerprint density at radius 1 is 1.47 bits per heavy atom. The van der Waals surface area contributed by atoms with E-state index in [1.54, 1.807) is 0 Å². The molecule has 0 radical (unpaired) electrons. The van der Waals surface area contributed by atoms with Crippen molar-refractivity contribution >= 4 is 28.6 Å². The number of aliphatic imine (C=N–C) groups is 1. The number of nitrogens with one attached hydrogen (secondary N) is 2. The first kappa shape index (κ1) is 12.3. The van der Waals surface area contributed by atoms with Gasteiger partial charge in [-0.1, -0.05) is 11.6 Å². The number of aryl methyl sites for hydroxylation is 1. The maximum Gasteiger partial charge on any atom is 0.191 e. The molecule has 0 spiro atoms. The van der Waals surface area contributed by atoms with Crippen LogP contribution in [0.5, 0.6) is 0 Å². The van der Waals surface area contributed by atoms with E-state index in [9.17, 15) is 0 Å². The van der Waals surface area contributed by atoms with Gasteiger partial charge in [-0.3, -0.25) is 4.99 Å². The van der Waals surface area contributed by atoms with Crippen LogP contribution in [0.15, 0.2) is 23.2 Å². The second-order valence-electron chi connectivity index (χ2n) is 4.58. The van der Waals surface area contributed by atoms with Crippen LogP contribution < -0.4 is 10.6 Å². The molecule has 2 N–H and O–H groups in total. The van der Waals surface area contributed by atoms with Crippen molar-refractivity contribution in [1.82, 2.24) is 20.2 Å². The molecule has 19 heavy (non-hydrogen) atoms. The van der Waals surface area contributed by atoms with E-state index in [4.69, 9.17) is 11.6 Å². The Bertz CT molecular complexity index is 631. The van der Waals surface area contributed by atoms with Gasteiger partial charge in [0, 0.05) is 25.2 Å². The van der Waals surface area contributed by atoms with Crippen LogP contribution in [0.1, 0.15) is 12.2 Å². The monoisotopic (exact) mass is 277 g/mol. The minimum Gasteiger partial charge on any atom is -0.356 e. The van der Waals surface area contributed by atoms with Crippen molar-refractivity contribution in [2.45, 2.75) is 13.0 Å². The third-order valence-corrected chi connectivity index (χ3v) is 3.48. The quantitative estimate of drug-likeness (QED) is 0.878. The summed E-state index contributed by atoms with van der Waals surface area (Å²) in [4.78, 5) is 8.97. The van der Waals surface area contributed by atoms with Gasteiger partial charge in [0.2, 0.25) is 0 Å². The molecule has 0 unspecified atom stereocenters. The van der Waals surface area contributed by atoms with Gasteiger partial charge in [0.1, 0.15) is 5.82 Å². The van der Waals surface area contributed by atoms with E-state index in [1.165, 1.54) is 0 Å². The number of aromatic nitrogens is 2. The van der Waals surface area contributed by atoms with Gasteiger partial charge < -0.3 is 15.2 Å². The summed E-state index contributed by atoms with van der Waals surface area (Å²) in [5.74, 6) is 1.82. The van der Waals surface area contributed by atoms with Gasteiger partial charge in [0.15, 0.2) is 5.96 Å². The topological polar surface area (TPSA) is 54.2 Å². The fourth-order valence-corrected chi connectivity index (χ4v) is 2.36. The maximum absolute atomic E-state index is 5.99. The molecule has 0 saturated carbocycles. The molecular formula is C13H16ClN5. The third kappa shape index (κ3) is 2.51. The van der Waals surface area contributed by atoms with Gasteiger partial charge in [-0.15, -0.1) is 0 Å². The van der Waals surface area contributed by atoms with Crippen molar-refractivity contribution in [3.8, 4) is 0 Å². The molecule has 0 atom stereocenters. The van der Waals surface area contributed by atoms with Crippen LogP contribution in [0.4, 0.5) is 0 Å². The SMILES string of the molecule is Cn1c(CNC2=NCCCN2)nc2cc(Cl)ccc21. The zero-order valence-electron chi connectivity index (χ0n) is 10.8. The van der Waals surface area contributed by atoms with E-state index < -0.39 is 0 Å². The molecule has 6 heteroatoms. The highest BCUT2D eigenvalue weighted by Crippen LogP contribution is 2.19. The molecule has 5 nitrogen and oxygen atoms in total. The number of hydrogen-bond donors (Lipinski definition) is 2. The Balaban J connectivity index is 1.80. The van der Waals surface area contributed by atoms with Gasteiger partial charge >= 0.3 is 0 Å². The smallest absolute Gasteiger partial charge is 0.191 e. The van der Waals surface area contributed by atoms with Crippen molar-refractivity contribution in [3.05, 3.63) is 29.0 Å². The number of rotatable bonds is 2. The van der Waals surface area contributed by atoms with Crippen LogP contribution in [0.3, 0.4) is 0 Å². The van der Waals surface area contributed by atoms with Crippen LogP contribution in [0, 0.1) is 0 Å². The minimum absolute atomic E-state index is 0.647. The molecule has 3 rings (SSSR count). The van der Waals surface area contributed by atoms with E-state index in [2.05, 4.69) is 25.2 Å². The lowest BCUT2D eigenvalue weighted by Gasteiger charge is -2.15. The zero-order valence-corrected chi connectivity index (χ0v) is 11.5. The lowest BCUT2D eigenvalue weighted by Crippen LogP contribution is -2.40. The molecule has 100 valence electrons. The molecule has 2 heterocycles. The zero-order chi connectivity index (χ0) is 13.2. The molecule has 1 aromatic heterocycles. The van der Waals surface area contributed by atoms with Gasteiger partial charge in [-0.25, -0.2) is 4.98 Å². The van der Waals surface area contributed by atoms with Gasteiger partial charge in [0.25, 0.3) is 0 Å². The highest BCUT2D eigenvalue weighted by atomic mass is 35.5. The average molecular weight is 278 g/mol. The number of guanidine groups is 1. The van der Waals surface area contributed by atoms with Crippen molar-refractivity contribution < 1.29 is 0 Å². The molecule has 2 aromatic rings. The molecule has 0 saturated heterocycles. The van der Waals surface area contributed by atoms with Crippen LogP contribution in [0.2, 0.25) is 5.02 Å². The van der Waals surface area contributed by atoms with Gasteiger partial charge in [-0.05, 0) is 24.6 Å². The summed E-state index contributed by atoms with van der Waals surface area (Å²) < 4.78 is 2.07. The highest BCUT2D eigenvalue weighted by Gasteiger charge is 2.09. The molecule has 0 amide bonds. The molecule has 0 fully saturated rings. The van der Waals surface area contributed by atoms with E-state index in [1.807, 2.05) is 25.2 Å². The molecule has 1 aliphatic heterocycles. The van der Waals surface area contributed by atoms with Gasteiger partial charge in [0.05, 0.1) is 17.6 Å². The number of imidazole rings is 1. The predicted octanol–water partition coefficient (Wildman–Crippen LogP) is 1.67. The Morgan fingerprint density at radius 2 is 2.37 bits per heavy atom. The number of fused-ring (bicyclic) bond motifs is 1. The van der Waals surface area contributed by atoms with E-state index >= 15 is 0 Å². The van der Waals surface area contributed by atoms with Crippen LogP contribution in [-0.2, 0) is 13.6 Å². The summed E-state index contributed by atoms with van der Waals surface area (Å²) in [7, 11) is 2.01. The van der Waals surface area contributed by atoms with Crippen molar-refractivity contribution in [2.24, 2.45) is 12.0 Å². The first-order valence-corrected chi connectivity index (χ1v) is 6.75. The molecule has 0 bridgehead atoms. The normalized spacial score (nSPS) is 15.2. The standard InChI is InChI=1S/C13H16ClN5/c1-19-11-4-3-9(14)7-10(11)18-12(19)8-17-13-15-5-2-6-16-13/h3-4,7H,2,5-6,8H2,1H3,(H2,15,16,17). The van der Waals surface area contributed by atoms with E-state index in [-0.39, 0.29) is 0 Å². The minimum atomic E-state index is 0.647. The largest absolute Gasteiger partial charge is 0.356 e. The fourth-order valence-electron chi connectivity index (χ4n) is 2.19. The van der Waals surface area contributed by atoms with Crippen molar-refractivity contribution in [3.63, 3.8) is 0 Å². The average Bonchev–Trinajstić information content (AvgIpc) is 2.74. The summed E-state index contributed by atoms with van der Waals surface area (Å²) in [5.41, 5.74) is 2.00. The second kappa shape index (κ2) is 5.09. The van der Waals surface area contributed by atoms with E-state index in [0.717, 1.165) is 42.3 Å². The Labute approximate surface area is 116 Å². The van der Waals surface area contributed by atoms with Crippen LogP contribution in [0.25, 0.3) is 11.0 Å². The van der Waals surface area contributed by atoms with E-state index in [0.29, 0.717) is 11.6 Å². The first-order valence-electron chi connectivity index (χ1n) is 6.37. The lowest BCUT2D eigenvalue weighted by atomic mass is 10.3. The van der Waals surface area contributed by atoms with Gasteiger partial charge in [-0.2, -0.15) is 0 Å². The van der Waals surface area contributed by atoms with Crippen molar-refractivity contribution in [2.75, 3.05) is 13.1 Å². The molecular weight excluding hydrogens is 262 g/mol. The summed E-state index contributed by atoms with van der Waals surface area (Å²) in [6, 6.07) is 5.76. The fraction of sp³-hybridized carbons (Fsp3) is 0.385. The Morgan fingerprint density at radius 3 is 3.16 bits per heavy atom. The number of nitrogens with zero attached hydrogens (tertiary/aromatic N) is 3. The van der Waals surface area contributed by atoms with Crippen LogP contribution >= 0.6 is 11.6 Å². The number of hydrogen-bond acceptors (Lipinski definition) is 4. The predicted molar refractivity (Wildman–Crippen MR) is 77.5 cm³/mol. The molecule has 1 aliphatic rings.